The van der Waals surface area contributed by atoms with Crippen LogP contribution in [0.1, 0.15) is 25.3 Å². The number of carbonyl (C=O) groups excluding carboxylic acids is 2. The van der Waals surface area contributed by atoms with Crippen LogP contribution in [0.2, 0.25) is 5.02 Å². The minimum atomic E-state index is -4.59. The number of nitrogens with zero attached hydrogens (tertiary/aromatic N) is 3. The molecule has 0 aromatic heterocycles. The molecule has 2 heterocycles. The van der Waals surface area contributed by atoms with Gasteiger partial charge in [-0.25, -0.2) is 0 Å². The van der Waals surface area contributed by atoms with Crippen molar-refractivity contribution in [1.29, 1.82) is 0 Å². The molecule has 2 aliphatic rings. The van der Waals surface area contributed by atoms with E-state index in [0.717, 1.165) is 38.1 Å². The summed E-state index contributed by atoms with van der Waals surface area (Å²) in [6.45, 7) is 6.31. The fraction of sp³-hybridized carbons (Fsp3) is 0.600. The van der Waals surface area contributed by atoms with Crippen LogP contribution < -0.4 is 5.32 Å². The first-order valence-corrected chi connectivity index (χ1v) is 10.4. The summed E-state index contributed by atoms with van der Waals surface area (Å²) < 4.78 is 39.0. The van der Waals surface area contributed by atoms with E-state index in [-0.39, 0.29) is 17.5 Å². The number of piperazine rings is 1. The SMILES string of the molecule is CC(C(=O)Nc1ccc(Cl)c(C(F)(F)F)c1)N1CCN(CC(=O)N2CCCC2)CC1. The number of nitrogens with one attached hydrogen (secondary N) is 1. The lowest BCUT2D eigenvalue weighted by Crippen LogP contribution is -2.54. The number of carbonyl (C=O) groups is 2. The molecule has 2 fully saturated rings. The highest BCUT2D eigenvalue weighted by atomic mass is 35.5. The van der Waals surface area contributed by atoms with Gasteiger partial charge in [0, 0.05) is 45.0 Å². The third-order valence-corrected chi connectivity index (χ3v) is 6.02. The predicted molar refractivity (Wildman–Crippen MR) is 108 cm³/mol. The number of rotatable bonds is 5. The molecule has 2 amide bonds. The van der Waals surface area contributed by atoms with Gasteiger partial charge in [-0.1, -0.05) is 11.6 Å². The molecule has 1 N–H and O–H groups in total. The molecule has 1 unspecified atom stereocenters. The van der Waals surface area contributed by atoms with Gasteiger partial charge in [-0.05, 0) is 38.0 Å². The maximum Gasteiger partial charge on any atom is 0.417 e. The predicted octanol–water partition coefficient (Wildman–Crippen LogP) is 2.93. The molecular weight excluding hydrogens is 421 g/mol. The van der Waals surface area contributed by atoms with Crippen molar-refractivity contribution in [2.24, 2.45) is 0 Å². The molecule has 6 nitrogen and oxygen atoms in total. The first-order valence-electron chi connectivity index (χ1n) is 10.1. The van der Waals surface area contributed by atoms with E-state index >= 15 is 0 Å². The Morgan fingerprint density at radius 3 is 2.33 bits per heavy atom. The van der Waals surface area contributed by atoms with Crippen molar-refractivity contribution < 1.29 is 22.8 Å². The van der Waals surface area contributed by atoms with Crippen LogP contribution in [-0.2, 0) is 15.8 Å². The first-order chi connectivity index (χ1) is 14.1. The summed E-state index contributed by atoms with van der Waals surface area (Å²) >= 11 is 5.62. The van der Waals surface area contributed by atoms with Crippen molar-refractivity contribution in [3.05, 3.63) is 28.8 Å². The molecule has 0 aliphatic carbocycles. The average Bonchev–Trinajstić information content (AvgIpc) is 3.23. The minimum Gasteiger partial charge on any atom is -0.342 e. The molecule has 0 saturated carbocycles. The number of likely N-dealkylation sites (tertiary alicyclic amines) is 1. The Morgan fingerprint density at radius 2 is 1.73 bits per heavy atom. The van der Waals surface area contributed by atoms with Crippen LogP contribution in [0.5, 0.6) is 0 Å². The van der Waals surface area contributed by atoms with Crippen molar-refractivity contribution in [3.8, 4) is 0 Å². The monoisotopic (exact) mass is 446 g/mol. The van der Waals surface area contributed by atoms with E-state index < -0.39 is 22.8 Å². The Kier molecular flexibility index (Phi) is 7.26. The lowest BCUT2D eigenvalue weighted by Gasteiger charge is -2.37. The molecule has 0 bridgehead atoms. The third kappa shape index (κ3) is 5.65. The summed E-state index contributed by atoms with van der Waals surface area (Å²) in [5, 5.41) is 2.14. The second kappa shape index (κ2) is 9.53. The van der Waals surface area contributed by atoms with Crippen LogP contribution in [0.4, 0.5) is 18.9 Å². The highest BCUT2D eigenvalue weighted by Crippen LogP contribution is 2.36. The van der Waals surface area contributed by atoms with Gasteiger partial charge in [0.2, 0.25) is 11.8 Å². The number of hydrogen-bond acceptors (Lipinski definition) is 4. The highest BCUT2D eigenvalue weighted by Gasteiger charge is 2.34. The van der Waals surface area contributed by atoms with Crippen LogP contribution in [0.25, 0.3) is 0 Å². The van der Waals surface area contributed by atoms with E-state index in [2.05, 4.69) is 10.2 Å². The summed E-state index contributed by atoms with van der Waals surface area (Å²) in [4.78, 5) is 30.8. The lowest BCUT2D eigenvalue weighted by molar-refractivity contribution is -0.137. The average molecular weight is 447 g/mol. The Bertz CT molecular complexity index is 776. The summed E-state index contributed by atoms with van der Waals surface area (Å²) in [6, 6.07) is 2.81. The second-order valence-electron chi connectivity index (χ2n) is 7.76. The van der Waals surface area contributed by atoms with Gasteiger partial charge in [0.05, 0.1) is 23.2 Å². The molecular formula is C20H26ClF3N4O2. The molecule has 0 spiro atoms. The lowest BCUT2D eigenvalue weighted by atomic mass is 10.1. The molecule has 1 aromatic rings. The smallest absolute Gasteiger partial charge is 0.342 e. The molecule has 30 heavy (non-hydrogen) atoms. The van der Waals surface area contributed by atoms with Gasteiger partial charge >= 0.3 is 6.18 Å². The van der Waals surface area contributed by atoms with E-state index in [1.165, 1.54) is 6.07 Å². The fourth-order valence-electron chi connectivity index (χ4n) is 3.80. The molecule has 1 aromatic carbocycles. The highest BCUT2D eigenvalue weighted by molar-refractivity contribution is 6.31. The van der Waals surface area contributed by atoms with E-state index in [9.17, 15) is 22.8 Å². The van der Waals surface area contributed by atoms with Crippen molar-refractivity contribution >= 4 is 29.1 Å². The summed E-state index contributed by atoms with van der Waals surface area (Å²) in [5.41, 5.74) is -0.927. The van der Waals surface area contributed by atoms with E-state index in [1.54, 1.807) is 6.92 Å². The van der Waals surface area contributed by atoms with Gasteiger partial charge in [0.15, 0.2) is 0 Å². The van der Waals surface area contributed by atoms with Gasteiger partial charge in [-0.3, -0.25) is 19.4 Å². The van der Waals surface area contributed by atoms with Gasteiger partial charge in [0.1, 0.15) is 0 Å². The molecule has 2 saturated heterocycles. The van der Waals surface area contributed by atoms with E-state index in [4.69, 9.17) is 11.6 Å². The largest absolute Gasteiger partial charge is 0.417 e. The van der Waals surface area contributed by atoms with Crippen molar-refractivity contribution in [2.75, 3.05) is 51.1 Å². The van der Waals surface area contributed by atoms with Crippen LogP contribution in [-0.4, -0.2) is 78.4 Å². The zero-order valence-electron chi connectivity index (χ0n) is 16.8. The Labute approximate surface area is 178 Å². The Hall–Kier alpha value is -1.84. The Balaban J connectivity index is 1.50. The fourth-order valence-corrected chi connectivity index (χ4v) is 4.02. The third-order valence-electron chi connectivity index (χ3n) is 5.69. The number of alkyl halides is 3. The van der Waals surface area contributed by atoms with Crippen LogP contribution in [0, 0.1) is 0 Å². The second-order valence-corrected chi connectivity index (χ2v) is 8.16. The maximum absolute atomic E-state index is 13.0. The Morgan fingerprint density at radius 1 is 1.10 bits per heavy atom. The molecule has 10 heteroatoms. The number of hydrogen-bond donors (Lipinski definition) is 1. The topological polar surface area (TPSA) is 55.9 Å². The number of benzene rings is 1. The van der Waals surface area contributed by atoms with Crippen LogP contribution in [0.15, 0.2) is 18.2 Å². The van der Waals surface area contributed by atoms with Gasteiger partial charge in [-0.15, -0.1) is 0 Å². The number of halogens is 4. The van der Waals surface area contributed by atoms with E-state index in [0.29, 0.717) is 32.7 Å². The normalized spacial score (nSPS) is 19.7. The van der Waals surface area contributed by atoms with Gasteiger partial charge in [0.25, 0.3) is 0 Å². The van der Waals surface area contributed by atoms with Crippen LogP contribution >= 0.6 is 11.6 Å². The summed E-state index contributed by atoms with van der Waals surface area (Å²) in [6.07, 6.45) is -2.47. The number of anilines is 1. The molecule has 0 radical (unpaired) electrons. The number of amides is 2. The quantitative estimate of drug-likeness (QED) is 0.755. The van der Waals surface area contributed by atoms with Crippen LogP contribution in [0.3, 0.4) is 0 Å². The molecule has 1 atom stereocenters. The molecule has 3 rings (SSSR count). The van der Waals surface area contributed by atoms with E-state index in [1.807, 2.05) is 9.80 Å². The van der Waals surface area contributed by atoms with Crippen molar-refractivity contribution in [3.63, 3.8) is 0 Å². The van der Waals surface area contributed by atoms with Gasteiger partial charge in [-0.2, -0.15) is 13.2 Å². The maximum atomic E-state index is 13.0. The zero-order valence-corrected chi connectivity index (χ0v) is 17.6. The molecule has 2 aliphatic heterocycles. The molecule has 166 valence electrons. The zero-order chi connectivity index (χ0) is 21.9. The standard InChI is InChI=1S/C20H26ClF3N4O2/c1-14(19(30)25-15-4-5-17(21)16(12-15)20(22,23)24)27-10-8-26(9-11-27)13-18(29)28-6-2-3-7-28/h4-5,12,14H,2-3,6-11,13H2,1H3,(H,25,30). The minimum absolute atomic E-state index is 0.0541. The summed E-state index contributed by atoms with van der Waals surface area (Å²) in [5.74, 6) is -0.234. The first kappa shape index (κ1) is 22.8. The van der Waals surface area contributed by atoms with Crippen molar-refractivity contribution in [2.45, 2.75) is 32.0 Å². The van der Waals surface area contributed by atoms with Crippen molar-refractivity contribution in [1.82, 2.24) is 14.7 Å². The van der Waals surface area contributed by atoms with Gasteiger partial charge < -0.3 is 10.2 Å². The summed E-state index contributed by atoms with van der Waals surface area (Å²) in [7, 11) is 0.